The van der Waals surface area contributed by atoms with Crippen LogP contribution in [0.5, 0.6) is 0 Å². The van der Waals surface area contributed by atoms with Crippen LogP contribution in [0, 0.1) is 6.92 Å². The van der Waals surface area contributed by atoms with Gasteiger partial charge >= 0.3 is 0 Å². The zero-order valence-corrected chi connectivity index (χ0v) is 15.3. The smallest absolute Gasteiger partial charge is 0.292 e. The Morgan fingerprint density at radius 1 is 1.15 bits per heavy atom. The minimum atomic E-state index is -0.416. The van der Waals surface area contributed by atoms with Crippen LogP contribution >= 0.6 is 11.3 Å². The zero-order chi connectivity index (χ0) is 19.0. The van der Waals surface area contributed by atoms with Crippen LogP contribution in [0.1, 0.15) is 26.1 Å². The number of rotatable bonds is 4. The fourth-order valence-corrected chi connectivity index (χ4v) is 3.46. The Morgan fingerprint density at radius 3 is 2.78 bits per heavy atom. The van der Waals surface area contributed by atoms with Gasteiger partial charge in [0.05, 0.1) is 21.5 Å². The first-order valence-electron chi connectivity index (χ1n) is 8.07. The van der Waals surface area contributed by atoms with Gasteiger partial charge in [0.1, 0.15) is 5.82 Å². The highest BCUT2D eigenvalue weighted by Crippen LogP contribution is 2.25. The topological polar surface area (TPSA) is 102 Å². The van der Waals surface area contributed by atoms with Crippen molar-refractivity contribution in [2.75, 3.05) is 10.6 Å². The van der Waals surface area contributed by atoms with Crippen molar-refractivity contribution in [3.05, 3.63) is 59.1 Å². The molecule has 3 aromatic heterocycles. The standard InChI is InChI=1S/C18H15N5O3S/c1-10-19-12-6-5-11(8-15(12)27-10)20-17(24)13-9-16(23(2)22-13)21-18(25)14-4-3-7-26-14/h3-9H,1-2H3,(H,20,24)(H,21,25). The average Bonchev–Trinajstić information content (AvgIpc) is 3.34. The summed E-state index contributed by atoms with van der Waals surface area (Å²) in [6, 6.07) is 10.2. The van der Waals surface area contributed by atoms with Crippen molar-refractivity contribution >= 4 is 44.9 Å². The molecule has 0 bridgehead atoms. The SMILES string of the molecule is Cc1nc2ccc(NC(=O)c3cc(NC(=O)c4ccco4)n(C)n3)cc2s1. The number of thiazole rings is 1. The lowest BCUT2D eigenvalue weighted by Gasteiger charge is -2.02. The van der Waals surface area contributed by atoms with Gasteiger partial charge in [-0.3, -0.25) is 14.3 Å². The van der Waals surface area contributed by atoms with Crippen LogP contribution in [0.25, 0.3) is 10.2 Å². The summed E-state index contributed by atoms with van der Waals surface area (Å²) in [5.41, 5.74) is 1.74. The van der Waals surface area contributed by atoms with Gasteiger partial charge in [-0.1, -0.05) is 0 Å². The van der Waals surface area contributed by atoms with E-state index in [0.717, 1.165) is 15.2 Å². The first-order chi connectivity index (χ1) is 13.0. The maximum atomic E-state index is 12.5. The summed E-state index contributed by atoms with van der Waals surface area (Å²) in [7, 11) is 1.64. The molecule has 0 radical (unpaired) electrons. The molecule has 3 heterocycles. The van der Waals surface area contributed by atoms with Crippen LogP contribution in [0.3, 0.4) is 0 Å². The molecule has 0 fully saturated rings. The number of amides is 2. The van der Waals surface area contributed by atoms with E-state index in [1.54, 1.807) is 36.6 Å². The van der Waals surface area contributed by atoms with E-state index in [1.165, 1.54) is 17.0 Å². The van der Waals surface area contributed by atoms with E-state index in [2.05, 4.69) is 20.7 Å². The summed E-state index contributed by atoms with van der Waals surface area (Å²) in [5, 5.41) is 10.6. The summed E-state index contributed by atoms with van der Waals surface area (Å²) in [5.74, 6) is -0.226. The van der Waals surface area contributed by atoms with Gasteiger partial charge < -0.3 is 15.1 Å². The molecular formula is C18H15N5O3S. The second-order valence-electron chi connectivity index (χ2n) is 5.84. The summed E-state index contributed by atoms with van der Waals surface area (Å²) >= 11 is 1.56. The number of nitrogens with one attached hydrogen (secondary N) is 2. The number of hydrogen-bond acceptors (Lipinski definition) is 6. The molecule has 4 aromatic rings. The van der Waals surface area contributed by atoms with E-state index in [1.807, 2.05) is 19.1 Å². The maximum Gasteiger partial charge on any atom is 0.292 e. The number of hydrogen-bond donors (Lipinski definition) is 2. The number of nitrogens with zero attached hydrogens (tertiary/aromatic N) is 3. The van der Waals surface area contributed by atoms with Crippen LogP contribution in [-0.2, 0) is 7.05 Å². The average molecular weight is 381 g/mol. The van der Waals surface area contributed by atoms with Gasteiger partial charge in [-0.2, -0.15) is 5.10 Å². The predicted molar refractivity (Wildman–Crippen MR) is 102 cm³/mol. The third-order valence-corrected chi connectivity index (χ3v) is 4.79. The van der Waals surface area contributed by atoms with Crippen LogP contribution in [0.4, 0.5) is 11.5 Å². The summed E-state index contributed by atoms with van der Waals surface area (Å²) in [6.07, 6.45) is 1.42. The van der Waals surface area contributed by atoms with E-state index in [9.17, 15) is 9.59 Å². The zero-order valence-electron chi connectivity index (χ0n) is 14.5. The van der Waals surface area contributed by atoms with Crippen LogP contribution in [-0.4, -0.2) is 26.6 Å². The quantitative estimate of drug-likeness (QED) is 0.564. The number of anilines is 2. The van der Waals surface area contributed by atoms with Crippen LogP contribution < -0.4 is 10.6 Å². The van der Waals surface area contributed by atoms with E-state index < -0.39 is 5.91 Å². The second kappa shape index (κ2) is 6.69. The number of carbonyl (C=O) groups is 2. The third kappa shape index (κ3) is 3.44. The highest BCUT2D eigenvalue weighted by atomic mass is 32.1. The highest BCUT2D eigenvalue weighted by molar-refractivity contribution is 7.18. The van der Waals surface area contributed by atoms with Crippen LogP contribution in [0.2, 0.25) is 0 Å². The number of aryl methyl sites for hydroxylation is 2. The number of benzene rings is 1. The van der Waals surface area contributed by atoms with Crippen molar-refractivity contribution in [1.82, 2.24) is 14.8 Å². The van der Waals surface area contributed by atoms with Gasteiger partial charge in [-0.05, 0) is 37.3 Å². The van der Waals surface area contributed by atoms with Gasteiger partial charge in [0, 0.05) is 18.8 Å². The molecule has 0 aliphatic rings. The molecule has 9 heteroatoms. The van der Waals surface area contributed by atoms with Crippen molar-refractivity contribution in [2.45, 2.75) is 6.92 Å². The fourth-order valence-electron chi connectivity index (χ4n) is 2.59. The molecule has 1 aromatic carbocycles. The number of carbonyl (C=O) groups excluding carboxylic acids is 2. The Hall–Kier alpha value is -3.46. The van der Waals surface area contributed by atoms with Crippen molar-refractivity contribution < 1.29 is 14.0 Å². The van der Waals surface area contributed by atoms with Crippen molar-refractivity contribution in [1.29, 1.82) is 0 Å². The van der Waals surface area contributed by atoms with Crippen molar-refractivity contribution in [3.63, 3.8) is 0 Å². The molecule has 0 aliphatic carbocycles. The lowest BCUT2D eigenvalue weighted by Crippen LogP contribution is -2.13. The van der Waals surface area contributed by atoms with E-state index in [-0.39, 0.29) is 17.4 Å². The van der Waals surface area contributed by atoms with Crippen LogP contribution in [0.15, 0.2) is 47.1 Å². The first-order valence-corrected chi connectivity index (χ1v) is 8.89. The Labute approximate surface area is 157 Å². The molecule has 0 spiro atoms. The Morgan fingerprint density at radius 2 is 2.00 bits per heavy atom. The molecule has 0 atom stereocenters. The van der Waals surface area contributed by atoms with Gasteiger partial charge in [0.2, 0.25) is 0 Å². The lowest BCUT2D eigenvalue weighted by molar-refractivity contribution is 0.0993. The molecule has 0 aliphatic heterocycles. The molecule has 2 N–H and O–H groups in total. The van der Waals surface area contributed by atoms with Gasteiger partial charge in [0.15, 0.2) is 11.5 Å². The summed E-state index contributed by atoms with van der Waals surface area (Å²) < 4.78 is 7.47. The van der Waals surface area contributed by atoms with Crippen molar-refractivity contribution in [2.24, 2.45) is 7.05 Å². The van der Waals surface area contributed by atoms with Crippen molar-refractivity contribution in [3.8, 4) is 0 Å². The fraction of sp³-hybridized carbons (Fsp3) is 0.111. The molecule has 2 amide bonds. The molecule has 0 saturated heterocycles. The molecule has 136 valence electrons. The van der Waals surface area contributed by atoms with E-state index >= 15 is 0 Å². The monoisotopic (exact) mass is 381 g/mol. The molecule has 0 saturated carbocycles. The first kappa shape index (κ1) is 17.0. The molecule has 0 unspecified atom stereocenters. The molecular weight excluding hydrogens is 366 g/mol. The number of furan rings is 1. The summed E-state index contributed by atoms with van der Waals surface area (Å²) in [6.45, 7) is 1.94. The summed E-state index contributed by atoms with van der Waals surface area (Å²) in [4.78, 5) is 29.0. The maximum absolute atomic E-state index is 12.5. The van der Waals surface area contributed by atoms with Gasteiger partial charge in [-0.25, -0.2) is 4.98 Å². The third-order valence-electron chi connectivity index (χ3n) is 3.85. The Kier molecular flexibility index (Phi) is 4.21. The van der Waals surface area contributed by atoms with Gasteiger partial charge in [0.25, 0.3) is 11.8 Å². The highest BCUT2D eigenvalue weighted by Gasteiger charge is 2.16. The second-order valence-corrected chi connectivity index (χ2v) is 7.07. The predicted octanol–water partition coefficient (Wildman–Crippen LogP) is 3.44. The normalized spacial score (nSPS) is 10.9. The lowest BCUT2D eigenvalue weighted by atomic mass is 10.3. The molecule has 4 rings (SSSR count). The largest absolute Gasteiger partial charge is 0.459 e. The Balaban J connectivity index is 1.50. The van der Waals surface area contributed by atoms with E-state index in [4.69, 9.17) is 4.42 Å². The number of fused-ring (bicyclic) bond motifs is 1. The van der Waals surface area contributed by atoms with Gasteiger partial charge in [-0.15, -0.1) is 11.3 Å². The minimum absolute atomic E-state index is 0.176. The Bertz CT molecular complexity index is 1140. The minimum Gasteiger partial charge on any atom is -0.459 e. The van der Waals surface area contributed by atoms with E-state index in [0.29, 0.717) is 11.5 Å². The molecule has 8 nitrogen and oxygen atoms in total. The number of aromatic nitrogens is 3. The molecule has 27 heavy (non-hydrogen) atoms.